The smallest absolute Gasteiger partial charge is 0.164 e. The zero-order valence-electron chi connectivity index (χ0n) is 14.2. The van der Waals surface area contributed by atoms with Gasteiger partial charge in [-0.2, -0.15) is 0 Å². The van der Waals surface area contributed by atoms with Crippen LogP contribution < -0.4 is 10.2 Å². The molecule has 0 aromatic heterocycles. The Morgan fingerprint density at radius 3 is 2.54 bits per heavy atom. The van der Waals surface area contributed by atoms with E-state index in [1.807, 2.05) is 6.07 Å². The van der Waals surface area contributed by atoms with Crippen LogP contribution in [0.1, 0.15) is 35.7 Å². The highest BCUT2D eigenvalue weighted by Gasteiger charge is 2.23. The van der Waals surface area contributed by atoms with E-state index >= 15 is 0 Å². The Morgan fingerprint density at radius 1 is 1.17 bits per heavy atom. The number of carbonyl (C=O) groups excluding carboxylic acids is 1. The molecule has 3 nitrogen and oxygen atoms in total. The molecule has 4 heteroatoms. The van der Waals surface area contributed by atoms with Gasteiger partial charge in [0, 0.05) is 24.8 Å². The van der Waals surface area contributed by atoms with E-state index in [2.05, 4.69) is 41.4 Å². The third-order valence-electron chi connectivity index (χ3n) is 4.57. The second-order valence-corrected chi connectivity index (χ2v) is 6.47. The highest BCUT2D eigenvalue weighted by Crippen LogP contribution is 2.27. The van der Waals surface area contributed by atoms with Crippen LogP contribution in [0.4, 0.5) is 15.8 Å². The molecule has 1 fully saturated rings. The van der Waals surface area contributed by atoms with Crippen molar-refractivity contribution in [3.8, 4) is 0 Å². The fraction of sp³-hybridized carbons (Fsp3) is 0.350. The molecule has 1 heterocycles. The van der Waals surface area contributed by atoms with Crippen molar-refractivity contribution in [2.75, 3.05) is 23.3 Å². The van der Waals surface area contributed by atoms with Crippen LogP contribution in [0, 0.1) is 12.7 Å². The lowest BCUT2D eigenvalue weighted by Gasteiger charge is -2.35. The van der Waals surface area contributed by atoms with Crippen molar-refractivity contribution in [1.29, 1.82) is 0 Å². The quantitative estimate of drug-likeness (QED) is 0.844. The summed E-state index contributed by atoms with van der Waals surface area (Å²) in [7, 11) is 0. The van der Waals surface area contributed by atoms with E-state index in [1.54, 1.807) is 6.07 Å². The summed E-state index contributed by atoms with van der Waals surface area (Å²) >= 11 is 0. The molecule has 3 rings (SSSR count). The lowest BCUT2D eigenvalue weighted by atomic mass is 10.0. The largest absolute Gasteiger partial charge is 0.382 e. The normalized spacial score (nSPS) is 15.4. The molecule has 24 heavy (non-hydrogen) atoms. The number of Topliss-reactive ketones (excluding diaryl/α,β-unsaturated/α-hetero) is 1. The van der Waals surface area contributed by atoms with Crippen molar-refractivity contribution >= 4 is 17.2 Å². The summed E-state index contributed by atoms with van der Waals surface area (Å²) in [6, 6.07) is 13.6. The van der Waals surface area contributed by atoms with Crippen LogP contribution in [0.25, 0.3) is 0 Å². The van der Waals surface area contributed by atoms with Crippen molar-refractivity contribution in [1.82, 2.24) is 0 Å². The molecule has 0 amide bonds. The van der Waals surface area contributed by atoms with E-state index in [4.69, 9.17) is 0 Å². The monoisotopic (exact) mass is 326 g/mol. The van der Waals surface area contributed by atoms with Crippen LogP contribution in [0.3, 0.4) is 0 Å². The summed E-state index contributed by atoms with van der Waals surface area (Å²) in [5.41, 5.74) is 3.31. The number of hydrogen-bond acceptors (Lipinski definition) is 3. The number of hydrogen-bond donors (Lipinski definition) is 1. The third kappa shape index (κ3) is 3.58. The first-order chi connectivity index (χ1) is 11.5. The minimum absolute atomic E-state index is 0.211. The molecule has 2 aromatic rings. The molecule has 0 atom stereocenters. The van der Waals surface area contributed by atoms with Crippen LogP contribution in [0.5, 0.6) is 0 Å². The molecule has 1 aliphatic heterocycles. The van der Waals surface area contributed by atoms with Gasteiger partial charge in [0.1, 0.15) is 5.82 Å². The summed E-state index contributed by atoms with van der Waals surface area (Å²) in [5, 5.41) is 3.57. The molecule has 1 saturated heterocycles. The Morgan fingerprint density at radius 2 is 1.88 bits per heavy atom. The van der Waals surface area contributed by atoms with Crippen LogP contribution in [0.15, 0.2) is 42.5 Å². The Kier molecular flexibility index (Phi) is 4.84. The maximum atomic E-state index is 14.0. The van der Waals surface area contributed by atoms with Gasteiger partial charge in [-0.3, -0.25) is 4.79 Å². The van der Waals surface area contributed by atoms with Crippen molar-refractivity contribution in [2.24, 2.45) is 0 Å². The van der Waals surface area contributed by atoms with E-state index in [9.17, 15) is 9.18 Å². The second kappa shape index (κ2) is 7.04. The molecule has 2 aromatic carbocycles. The van der Waals surface area contributed by atoms with Gasteiger partial charge in [-0.05, 0) is 56.5 Å². The van der Waals surface area contributed by atoms with E-state index in [1.165, 1.54) is 18.6 Å². The minimum Gasteiger partial charge on any atom is -0.382 e. The maximum absolute atomic E-state index is 14.0. The van der Waals surface area contributed by atoms with Crippen molar-refractivity contribution in [3.05, 3.63) is 59.4 Å². The Bertz CT molecular complexity index is 736. The highest BCUT2D eigenvalue weighted by atomic mass is 19.1. The van der Waals surface area contributed by atoms with Gasteiger partial charge in [-0.15, -0.1) is 0 Å². The van der Waals surface area contributed by atoms with Crippen molar-refractivity contribution in [2.45, 2.75) is 32.7 Å². The molecule has 0 spiro atoms. The van der Waals surface area contributed by atoms with Gasteiger partial charge in [-0.25, -0.2) is 4.39 Å². The molecule has 126 valence electrons. The molecule has 1 N–H and O–H groups in total. The fourth-order valence-electron chi connectivity index (χ4n) is 3.36. The van der Waals surface area contributed by atoms with Crippen molar-refractivity contribution in [3.63, 3.8) is 0 Å². The third-order valence-corrected chi connectivity index (χ3v) is 4.57. The number of halogens is 1. The number of anilines is 2. The van der Waals surface area contributed by atoms with Gasteiger partial charge < -0.3 is 10.2 Å². The van der Waals surface area contributed by atoms with E-state index in [0.29, 0.717) is 6.04 Å². The van der Waals surface area contributed by atoms with Gasteiger partial charge >= 0.3 is 0 Å². The molecular formula is C20H23FN2O. The van der Waals surface area contributed by atoms with Crippen LogP contribution in [-0.2, 0) is 0 Å². The number of nitrogens with zero attached hydrogens (tertiary/aromatic N) is 1. The molecule has 0 radical (unpaired) electrons. The first-order valence-corrected chi connectivity index (χ1v) is 8.42. The maximum Gasteiger partial charge on any atom is 0.164 e. The predicted molar refractivity (Wildman–Crippen MR) is 96.4 cm³/mol. The number of nitrogens with one attached hydrogen (secondary N) is 1. The zero-order valence-corrected chi connectivity index (χ0v) is 14.2. The molecular weight excluding hydrogens is 303 g/mol. The van der Waals surface area contributed by atoms with E-state index in [-0.39, 0.29) is 11.3 Å². The van der Waals surface area contributed by atoms with Crippen LogP contribution in [0.2, 0.25) is 0 Å². The Balaban J connectivity index is 1.67. The summed E-state index contributed by atoms with van der Waals surface area (Å²) in [4.78, 5) is 13.9. The average molecular weight is 326 g/mol. The predicted octanol–water partition coefficient (Wildman–Crippen LogP) is 4.42. The minimum atomic E-state index is -0.431. The number of carbonyl (C=O) groups is 1. The first-order valence-electron chi connectivity index (χ1n) is 8.42. The highest BCUT2D eigenvalue weighted by molar-refractivity contribution is 6.00. The van der Waals surface area contributed by atoms with E-state index in [0.717, 1.165) is 37.3 Å². The summed E-state index contributed by atoms with van der Waals surface area (Å²) in [6.45, 7) is 5.13. The number of ketones is 1. The SMILES string of the molecule is CC(=O)c1c(F)cccc1N1CCC(Nc2cccc(C)c2)CC1. The van der Waals surface area contributed by atoms with Gasteiger partial charge in [0.2, 0.25) is 0 Å². The summed E-state index contributed by atoms with van der Waals surface area (Å²) < 4.78 is 14.0. The van der Waals surface area contributed by atoms with Crippen LogP contribution in [-0.4, -0.2) is 24.9 Å². The molecule has 1 aliphatic rings. The van der Waals surface area contributed by atoms with Gasteiger partial charge in [0.25, 0.3) is 0 Å². The van der Waals surface area contributed by atoms with Crippen molar-refractivity contribution < 1.29 is 9.18 Å². The first kappa shape index (κ1) is 16.5. The lowest BCUT2D eigenvalue weighted by molar-refractivity contribution is 0.101. The summed E-state index contributed by atoms with van der Waals surface area (Å²) in [5.74, 6) is -0.650. The van der Waals surface area contributed by atoms with Gasteiger partial charge in [0.05, 0.1) is 11.3 Å². The topological polar surface area (TPSA) is 32.3 Å². The lowest BCUT2D eigenvalue weighted by Crippen LogP contribution is -2.39. The number of benzene rings is 2. The Labute approximate surface area is 142 Å². The van der Waals surface area contributed by atoms with Crippen LogP contribution >= 0.6 is 0 Å². The number of aryl methyl sites for hydroxylation is 1. The number of rotatable bonds is 4. The molecule has 0 saturated carbocycles. The standard InChI is InChI=1S/C20H23FN2O/c1-14-5-3-6-17(13-14)22-16-9-11-23(12-10-16)19-8-4-7-18(21)20(19)15(2)24/h3-8,13,16,22H,9-12H2,1-2H3. The zero-order chi connectivity index (χ0) is 17.1. The van der Waals surface area contributed by atoms with Gasteiger partial charge in [-0.1, -0.05) is 18.2 Å². The second-order valence-electron chi connectivity index (χ2n) is 6.47. The number of piperidine rings is 1. The van der Waals surface area contributed by atoms with Gasteiger partial charge in [0.15, 0.2) is 5.78 Å². The Hall–Kier alpha value is -2.36. The molecule has 0 unspecified atom stereocenters. The molecule has 0 bridgehead atoms. The fourth-order valence-corrected chi connectivity index (χ4v) is 3.36. The average Bonchev–Trinajstić information content (AvgIpc) is 2.55. The summed E-state index contributed by atoms with van der Waals surface area (Å²) in [6.07, 6.45) is 1.92. The molecule has 0 aliphatic carbocycles. The van der Waals surface area contributed by atoms with E-state index < -0.39 is 5.82 Å².